The Kier molecular flexibility index (Phi) is 5.49. The summed E-state index contributed by atoms with van der Waals surface area (Å²) >= 11 is 3.63. The molecule has 0 aliphatic rings. The van der Waals surface area contributed by atoms with E-state index in [4.69, 9.17) is 4.74 Å². The van der Waals surface area contributed by atoms with Crippen molar-refractivity contribution in [2.75, 3.05) is 17.8 Å². The molecular formula is C24H24BrN2O+. The molecule has 0 fully saturated rings. The van der Waals surface area contributed by atoms with Gasteiger partial charge in [0.15, 0.2) is 0 Å². The van der Waals surface area contributed by atoms with Gasteiger partial charge in [-0.2, -0.15) is 0 Å². The Bertz CT molecular complexity index is 1110. The van der Waals surface area contributed by atoms with E-state index >= 15 is 0 Å². The molecule has 1 atom stereocenters. The quantitative estimate of drug-likeness (QED) is 0.233. The Morgan fingerprint density at radius 1 is 0.893 bits per heavy atom. The zero-order valence-corrected chi connectivity index (χ0v) is 17.7. The first-order chi connectivity index (χ1) is 13.7. The monoisotopic (exact) mass is 435 g/mol. The first kappa shape index (κ1) is 18.8. The van der Waals surface area contributed by atoms with Crippen LogP contribution in [0.25, 0.3) is 21.7 Å². The molecule has 0 saturated heterocycles. The lowest BCUT2D eigenvalue weighted by molar-refractivity contribution is -0.651. The molecule has 3 nitrogen and oxygen atoms in total. The van der Waals surface area contributed by atoms with Crippen molar-refractivity contribution in [3.63, 3.8) is 0 Å². The summed E-state index contributed by atoms with van der Waals surface area (Å²) in [4.78, 5) is 0. The number of alkyl halides is 1. The van der Waals surface area contributed by atoms with Crippen LogP contribution in [0.5, 0.6) is 5.75 Å². The maximum absolute atomic E-state index is 5.29. The fraction of sp³-hybridized carbons (Fsp3) is 0.208. The Morgan fingerprint density at radius 2 is 1.54 bits per heavy atom. The number of nitrogens with one attached hydrogen (secondary N) is 1. The number of pyridine rings is 1. The number of aromatic nitrogens is 1. The fourth-order valence-electron chi connectivity index (χ4n) is 3.78. The third-order valence-corrected chi connectivity index (χ3v) is 5.57. The van der Waals surface area contributed by atoms with Gasteiger partial charge in [-0.25, -0.2) is 4.57 Å². The molecule has 4 aromatic rings. The van der Waals surface area contributed by atoms with Crippen LogP contribution >= 0.6 is 15.9 Å². The minimum Gasteiger partial charge on any atom is -0.497 e. The maximum Gasteiger partial charge on any atom is 0.283 e. The molecule has 4 rings (SSSR count). The number of hydrogen-bond acceptors (Lipinski definition) is 2. The second-order valence-electron chi connectivity index (χ2n) is 6.89. The van der Waals surface area contributed by atoms with E-state index < -0.39 is 0 Å². The van der Waals surface area contributed by atoms with E-state index in [9.17, 15) is 0 Å². The summed E-state index contributed by atoms with van der Waals surface area (Å²) in [6, 6.07) is 25.7. The molecule has 4 heteroatoms. The average Bonchev–Trinajstić information content (AvgIpc) is 2.76. The number of methoxy groups -OCH3 is 1. The number of ether oxygens (including phenoxy) is 1. The third-order valence-electron chi connectivity index (χ3n) is 5.21. The van der Waals surface area contributed by atoms with Crippen LogP contribution in [-0.2, 0) is 6.54 Å². The first-order valence-electron chi connectivity index (χ1n) is 9.52. The number of hydrogen-bond donors (Lipinski definition) is 1. The number of aryl methyl sites for hydroxylation is 1. The zero-order chi connectivity index (χ0) is 19.5. The van der Waals surface area contributed by atoms with Crippen LogP contribution < -0.4 is 14.6 Å². The second-order valence-corrected chi connectivity index (χ2v) is 7.68. The summed E-state index contributed by atoms with van der Waals surface area (Å²) in [5.74, 6) is 2.03. The highest BCUT2D eigenvalue weighted by Gasteiger charge is 2.22. The van der Waals surface area contributed by atoms with E-state index in [1.165, 1.54) is 27.2 Å². The van der Waals surface area contributed by atoms with Gasteiger partial charge in [-0.05, 0) is 36.8 Å². The minimum atomic E-state index is 0.164. The molecule has 0 aliphatic heterocycles. The zero-order valence-electron chi connectivity index (χ0n) is 16.2. The van der Waals surface area contributed by atoms with Gasteiger partial charge in [-0.15, -0.1) is 0 Å². The highest BCUT2D eigenvalue weighted by atomic mass is 79.9. The molecule has 1 N–H and O–H groups in total. The molecule has 0 aliphatic carbocycles. The largest absolute Gasteiger partial charge is 0.497 e. The van der Waals surface area contributed by atoms with Crippen molar-refractivity contribution in [1.82, 2.24) is 0 Å². The van der Waals surface area contributed by atoms with Gasteiger partial charge in [0.2, 0.25) is 0 Å². The summed E-state index contributed by atoms with van der Waals surface area (Å²) in [6.07, 6.45) is 0. The predicted octanol–water partition coefficient (Wildman–Crippen LogP) is 5.86. The van der Waals surface area contributed by atoms with Crippen LogP contribution in [0.4, 0.5) is 5.82 Å². The summed E-state index contributed by atoms with van der Waals surface area (Å²) in [6.45, 7) is 3.09. The Hall–Kier alpha value is -2.59. The predicted molar refractivity (Wildman–Crippen MR) is 120 cm³/mol. The van der Waals surface area contributed by atoms with Gasteiger partial charge in [0, 0.05) is 16.1 Å². The summed E-state index contributed by atoms with van der Waals surface area (Å²) < 4.78 is 7.68. The van der Waals surface area contributed by atoms with Gasteiger partial charge in [-0.3, -0.25) is 5.32 Å². The number of benzene rings is 3. The number of fused-ring (bicyclic) bond motifs is 3. The smallest absolute Gasteiger partial charge is 0.283 e. The van der Waals surface area contributed by atoms with Crippen molar-refractivity contribution in [1.29, 1.82) is 0 Å². The average molecular weight is 436 g/mol. The lowest BCUT2D eigenvalue weighted by atomic mass is 10.0. The third kappa shape index (κ3) is 3.45. The van der Waals surface area contributed by atoms with E-state index in [1.54, 1.807) is 7.11 Å². The Labute approximate surface area is 174 Å². The van der Waals surface area contributed by atoms with Crippen LogP contribution in [0, 0.1) is 0 Å². The molecule has 0 bridgehead atoms. The van der Waals surface area contributed by atoms with Crippen molar-refractivity contribution in [2.24, 2.45) is 0 Å². The number of anilines is 1. The highest BCUT2D eigenvalue weighted by Crippen LogP contribution is 2.30. The summed E-state index contributed by atoms with van der Waals surface area (Å²) in [7, 11) is 1.70. The van der Waals surface area contributed by atoms with Crippen molar-refractivity contribution in [3.05, 3.63) is 78.4 Å². The molecule has 0 saturated carbocycles. The Balaban J connectivity index is 1.87. The van der Waals surface area contributed by atoms with E-state index in [0.29, 0.717) is 0 Å². The maximum atomic E-state index is 5.29. The first-order valence-corrected chi connectivity index (χ1v) is 10.6. The van der Waals surface area contributed by atoms with Crippen LogP contribution in [0.1, 0.15) is 18.5 Å². The SMILES string of the molecule is COc1ccc([C@@H](C)Nc2c3ccccc3c3ccccc3[n+]2CCBr)cc1. The Morgan fingerprint density at radius 3 is 2.21 bits per heavy atom. The van der Waals surface area contributed by atoms with E-state index in [-0.39, 0.29) is 6.04 Å². The van der Waals surface area contributed by atoms with E-state index in [0.717, 1.165) is 23.4 Å². The van der Waals surface area contributed by atoms with Crippen molar-refractivity contribution in [2.45, 2.75) is 19.5 Å². The van der Waals surface area contributed by atoms with Gasteiger partial charge < -0.3 is 4.74 Å². The lowest BCUT2D eigenvalue weighted by Gasteiger charge is -2.17. The van der Waals surface area contributed by atoms with Gasteiger partial charge in [0.25, 0.3) is 5.82 Å². The molecular weight excluding hydrogens is 412 g/mol. The molecule has 3 aromatic carbocycles. The van der Waals surface area contributed by atoms with Crippen LogP contribution in [0.2, 0.25) is 0 Å². The topological polar surface area (TPSA) is 25.1 Å². The van der Waals surface area contributed by atoms with Crippen molar-refractivity contribution >= 4 is 43.4 Å². The van der Waals surface area contributed by atoms with Gasteiger partial charge in [-0.1, -0.05) is 64.5 Å². The molecule has 0 radical (unpaired) electrons. The molecule has 1 heterocycles. The van der Waals surface area contributed by atoms with E-state index in [1.807, 2.05) is 12.1 Å². The molecule has 0 amide bonds. The second kappa shape index (κ2) is 8.19. The molecule has 28 heavy (non-hydrogen) atoms. The number of halogens is 1. The molecule has 0 spiro atoms. The van der Waals surface area contributed by atoms with Gasteiger partial charge in [0.1, 0.15) is 23.9 Å². The number of nitrogens with zero attached hydrogens (tertiary/aromatic N) is 1. The number of para-hydroxylation sites is 1. The minimum absolute atomic E-state index is 0.164. The summed E-state index contributed by atoms with van der Waals surface area (Å²) in [5.41, 5.74) is 2.47. The molecule has 142 valence electrons. The summed E-state index contributed by atoms with van der Waals surface area (Å²) in [5, 5.41) is 8.47. The van der Waals surface area contributed by atoms with Crippen LogP contribution in [0.15, 0.2) is 72.8 Å². The normalized spacial score (nSPS) is 12.2. The molecule has 0 unspecified atom stereocenters. The van der Waals surface area contributed by atoms with Gasteiger partial charge in [0.05, 0.1) is 12.5 Å². The van der Waals surface area contributed by atoms with Crippen molar-refractivity contribution < 1.29 is 9.30 Å². The van der Waals surface area contributed by atoms with Crippen molar-refractivity contribution in [3.8, 4) is 5.75 Å². The van der Waals surface area contributed by atoms with Crippen LogP contribution in [-0.4, -0.2) is 12.4 Å². The molecule has 1 aromatic heterocycles. The van der Waals surface area contributed by atoms with Gasteiger partial charge >= 0.3 is 0 Å². The van der Waals surface area contributed by atoms with Crippen LogP contribution in [0.3, 0.4) is 0 Å². The number of rotatable bonds is 6. The fourth-order valence-corrected chi connectivity index (χ4v) is 4.14. The highest BCUT2D eigenvalue weighted by molar-refractivity contribution is 9.09. The standard InChI is InChI=1S/C24H23BrN2O/c1-17(18-11-13-19(28-2)14-12-18)26-24-22-9-4-3-7-20(22)21-8-5-6-10-23(21)27(24)16-15-25/h3-14,17H,15-16H2,1-2H3/p+1/t17-/m1/s1. The van der Waals surface area contributed by atoms with E-state index in [2.05, 4.69) is 93.4 Å². The lowest BCUT2D eigenvalue weighted by Crippen LogP contribution is -2.39.